The summed E-state index contributed by atoms with van der Waals surface area (Å²) in [4.78, 5) is 5.26. The molecule has 0 radical (unpaired) electrons. The van der Waals surface area contributed by atoms with Crippen molar-refractivity contribution in [1.82, 2.24) is 5.32 Å². The zero-order valence-electron chi connectivity index (χ0n) is 26.1. The lowest BCUT2D eigenvalue weighted by Gasteiger charge is -2.39. The molecule has 0 aromatic heterocycles. The number of ether oxygens (including phenoxy) is 1. The van der Waals surface area contributed by atoms with Gasteiger partial charge in [-0.1, -0.05) is 133 Å². The quantitative estimate of drug-likeness (QED) is 0.215. The minimum Gasteiger partial charge on any atom is -0.457 e. The summed E-state index contributed by atoms with van der Waals surface area (Å²) in [5.41, 5.74) is 12.2. The molecule has 2 aliphatic heterocycles. The van der Waals surface area contributed by atoms with Crippen molar-refractivity contribution in [3.63, 3.8) is 0 Å². The standard InChI is InChI=1S/C45H30N2O/c1-2-13-30(14-3-1)44-46-40(32-23-22-29-12-4-5-15-31(29)26-32)28-41(47-44)33-24-25-43-39(27-33)45(38-20-10-11-21-42(38)48-43)36-18-8-6-16-34(36)35-17-7-9-19-37(35)45/h1-28,44,47H. The predicted octanol–water partition coefficient (Wildman–Crippen LogP) is 10.4. The highest BCUT2D eigenvalue weighted by molar-refractivity contribution is 6.14. The van der Waals surface area contributed by atoms with Crippen molar-refractivity contribution in [1.29, 1.82) is 0 Å². The van der Waals surface area contributed by atoms with E-state index in [1.807, 2.05) is 0 Å². The Morgan fingerprint density at radius 3 is 1.92 bits per heavy atom. The number of allylic oxidation sites excluding steroid dienone is 1. The van der Waals surface area contributed by atoms with E-state index in [2.05, 4.69) is 175 Å². The SMILES string of the molecule is C1=C(c2ccc3c(c2)C2(c4ccccc4O3)c3ccccc3-c3ccccc32)NC(c2ccccc2)N=C1c1ccc2ccccc2c1. The molecule has 1 aliphatic carbocycles. The summed E-state index contributed by atoms with van der Waals surface area (Å²) in [6, 6.07) is 58.5. The van der Waals surface area contributed by atoms with Crippen LogP contribution >= 0.6 is 0 Å². The van der Waals surface area contributed by atoms with Crippen molar-refractivity contribution in [2.75, 3.05) is 0 Å². The Morgan fingerprint density at radius 1 is 0.500 bits per heavy atom. The van der Waals surface area contributed by atoms with Gasteiger partial charge in [-0.25, -0.2) is 0 Å². The molecule has 48 heavy (non-hydrogen) atoms. The number of nitrogens with zero attached hydrogens (tertiary/aromatic N) is 1. The van der Waals surface area contributed by atoms with Crippen LogP contribution in [-0.2, 0) is 5.41 Å². The zero-order chi connectivity index (χ0) is 31.7. The van der Waals surface area contributed by atoms with Crippen LogP contribution in [0.25, 0.3) is 27.6 Å². The fourth-order valence-electron chi connectivity index (χ4n) is 8.02. The average molecular weight is 615 g/mol. The molecule has 0 amide bonds. The van der Waals surface area contributed by atoms with E-state index in [0.717, 1.165) is 45.2 Å². The van der Waals surface area contributed by atoms with Gasteiger partial charge >= 0.3 is 0 Å². The number of para-hydroxylation sites is 1. The fourth-order valence-corrected chi connectivity index (χ4v) is 8.02. The molecule has 0 saturated carbocycles. The number of hydrogen-bond acceptors (Lipinski definition) is 3. The molecule has 0 bridgehead atoms. The minimum absolute atomic E-state index is 0.234. The van der Waals surface area contributed by atoms with E-state index >= 15 is 0 Å². The zero-order valence-corrected chi connectivity index (χ0v) is 26.1. The van der Waals surface area contributed by atoms with Crippen LogP contribution in [0.5, 0.6) is 11.5 Å². The molecule has 0 fully saturated rings. The first-order valence-corrected chi connectivity index (χ1v) is 16.5. The second-order valence-corrected chi connectivity index (χ2v) is 12.7. The Balaban J connectivity index is 1.19. The number of aliphatic imine (C=N–C) groups is 1. The Hall–Kier alpha value is -6.19. The van der Waals surface area contributed by atoms with Gasteiger partial charge in [0.15, 0.2) is 0 Å². The predicted molar refractivity (Wildman–Crippen MR) is 195 cm³/mol. The molecule has 226 valence electrons. The first-order chi connectivity index (χ1) is 23.8. The second-order valence-electron chi connectivity index (χ2n) is 12.7. The van der Waals surface area contributed by atoms with Gasteiger partial charge < -0.3 is 10.1 Å². The molecule has 3 heteroatoms. The first kappa shape index (κ1) is 27.0. The van der Waals surface area contributed by atoms with Crippen molar-refractivity contribution < 1.29 is 4.74 Å². The molecule has 1 N–H and O–H groups in total. The van der Waals surface area contributed by atoms with Crippen molar-refractivity contribution in [3.05, 3.63) is 209 Å². The van der Waals surface area contributed by atoms with Crippen LogP contribution in [0.15, 0.2) is 175 Å². The number of nitrogens with one attached hydrogen (secondary N) is 1. The Bertz CT molecular complexity index is 2430. The number of fused-ring (bicyclic) bond motifs is 10. The monoisotopic (exact) mass is 614 g/mol. The van der Waals surface area contributed by atoms with E-state index in [1.54, 1.807) is 0 Å². The third kappa shape index (κ3) is 3.91. The molecule has 2 heterocycles. The molecular formula is C45H30N2O. The van der Waals surface area contributed by atoms with E-state index in [9.17, 15) is 0 Å². The van der Waals surface area contributed by atoms with E-state index in [0.29, 0.717) is 0 Å². The molecule has 7 aromatic rings. The van der Waals surface area contributed by atoms with Gasteiger partial charge in [0.25, 0.3) is 0 Å². The average Bonchev–Trinajstić information content (AvgIpc) is 3.45. The van der Waals surface area contributed by atoms with Crippen molar-refractivity contribution >= 4 is 22.2 Å². The number of benzene rings is 7. The smallest absolute Gasteiger partial charge is 0.145 e. The van der Waals surface area contributed by atoms with Crippen LogP contribution in [-0.4, -0.2) is 5.71 Å². The van der Waals surface area contributed by atoms with Crippen LogP contribution in [0.4, 0.5) is 0 Å². The highest BCUT2D eigenvalue weighted by Gasteiger charge is 2.51. The summed E-state index contributed by atoms with van der Waals surface area (Å²) in [5.74, 6) is 1.78. The Labute approximate surface area is 279 Å². The largest absolute Gasteiger partial charge is 0.457 e. The molecule has 1 unspecified atom stereocenters. The lowest BCUT2D eigenvalue weighted by Crippen LogP contribution is -2.32. The van der Waals surface area contributed by atoms with Gasteiger partial charge in [-0.15, -0.1) is 0 Å². The van der Waals surface area contributed by atoms with Crippen LogP contribution in [0.3, 0.4) is 0 Å². The summed E-state index contributed by atoms with van der Waals surface area (Å²) in [6.45, 7) is 0. The summed E-state index contributed by atoms with van der Waals surface area (Å²) in [6.07, 6.45) is 1.97. The second kappa shape index (κ2) is 10.4. The molecule has 1 atom stereocenters. The fraction of sp³-hybridized carbons (Fsp3) is 0.0444. The van der Waals surface area contributed by atoms with E-state index < -0.39 is 5.41 Å². The summed E-state index contributed by atoms with van der Waals surface area (Å²) < 4.78 is 6.69. The van der Waals surface area contributed by atoms with Crippen LogP contribution in [0.2, 0.25) is 0 Å². The van der Waals surface area contributed by atoms with Gasteiger partial charge in [-0.2, -0.15) is 0 Å². The third-order valence-corrected chi connectivity index (χ3v) is 10.2. The van der Waals surface area contributed by atoms with Crippen LogP contribution in [0.1, 0.15) is 45.1 Å². The van der Waals surface area contributed by atoms with Gasteiger partial charge in [-0.05, 0) is 80.6 Å². The molecule has 0 saturated heterocycles. The van der Waals surface area contributed by atoms with Crippen molar-refractivity contribution in [3.8, 4) is 22.6 Å². The number of rotatable bonds is 3. The maximum Gasteiger partial charge on any atom is 0.145 e. The molecule has 3 aliphatic rings. The third-order valence-electron chi connectivity index (χ3n) is 10.2. The van der Waals surface area contributed by atoms with Crippen LogP contribution < -0.4 is 10.1 Å². The normalized spacial score (nSPS) is 16.5. The van der Waals surface area contributed by atoms with Crippen molar-refractivity contribution in [2.24, 2.45) is 4.99 Å². The van der Waals surface area contributed by atoms with Gasteiger partial charge in [0, 0.05) is 22.4 Å². The summed E-state index contributed by atoms with van der Waals surface area (Å²) in [7, 11) is 0. The molecule has 1 spiro atoms. The number of hydrogen-bond donors (Lipinski definition) is 1. The van der Waals surface area contributed by atoms with E-state index in [-0.39, 0.29) is 6.17 Å². The maximum atomic E-state index is 6.69. The molecule has 7 aromatic carbocycles. The van der Waals surface area contributed by atoms with E-state index in [4.69, 9.17) is 9.73 Å². The van der Waals surface area contributed by atoms with Gasteiger partial charge in [0.05, 0.1) is 11.1 Å². The topological polar surface area (TPSA) is 33.6 Å². The lowest BCUT2D eigenvalue weighted by atomic mass is 9.66. The highest BCUT2D eigenvalue weighted by atomic mass is 16.5. The van der Waals surface area contributed by atoms with E-state index in [1.165, 1.54) is 38.6 Å². The Kier molecular flexibility index (Phi) is 5.85. The van der Waals surface area contributed by atoms with Gasteiger partial charge in [0.1, 0.15) is 17.7 Å². The molecular weight excluding hydrogens is 585 g/mol. The Morgan fingerprint density at radius 2 is 1.12 bits per heavy atom. The van der Waals surface area contributed by atoms with Crippen LogP contribution in [0, 0.1) is 0 Å². The highest BCUT2D eigenvalue weighted by Crippen LogP contribution is 2.62. The van der Waals surface area contributed by atoms with Gasteiger partial charge in [0.2, 0.25) is 0 Å². The van der Waals surface area contributed by atoms with Crippen molar-refractivity contribution in [2.45, 2.75) is 11.6 Å². The van der Waals surface area contributed by atoms with Gasteiger partial charge in [-0.3, -0.25) is 4.99 Å². The minimum atomic E-state index is -0.517. The summed E-state index contributed by atoms with van der Waals surface area (Å²) >= 11 is 0. The lowest BCUT2D eigenvalue weighted by molar-refractivity contribution is 0.436. The summed E-state index contributed by atoms with van der Waals surface area (Å²) in [5, 5.41) is 6.22. The first-order valence-electron chi connectivity index (χ1n) is 16.5. The molecule has 3 nitrogen and oxygen atoms in total. The molecule has 10 rings (SSSR count). The maximum absolute atomic E-state index is 6.69.